The van der Waals surface area contributed by atoms with Crippen molar-refractivity contribution in [3.63, 3.8) is 0 Å². The fourth-order valence-electron chi connectivity index (χ4n) is 0.339. The van der Waals surface area contributed by atoms with Gasteiger partial charge in [-0.15, -0.1) is 6.42 Å². The number of hydrogen-bond acceptors (Lipinski definition) is 1. The molecule has 0 heterocycles. The molecule has 0 saturated heterocycles. The van der Waals surface area contributed by atoms with Crippen LogP contribution in [-0.4, -0.2) is 11.7 Å². The third-order valence-electron chi connectivity index (χ3n) is 0.696. The molecule has 0 rings (SSSR count). The minimum atomic E-state index is -0.100. The summed E-state index contributed by atoms with van der Waals surface area (Å²) in [5.41, 5.74) is 0. The van der Waals surface area contributed by atoms with Gasteiger partial charge in [-0.3, -0.25) is 0 Å². The molecule has 0 amide bonds. The molecule has 0 saturated carbocycles. The molecule has 0 radical (unpaired) electrons. The van der Waals surface area contributed by atoms with Gasteiger partial charge in [0.1, 0.15) is 6.61 Å². The molecule has 0 aliphatic heterocycles. The first-order chi connectivity index (χ1) is 4.91. The summed E-state index contributed by atoms with van der Waals surface area (Å²) in [4.78, 5) is 0. The normalized spacial score (nSPS) is 6.00. The standard InChI is InChI=1S/C9H8O/c1-2-3-4-5-6-7-8-9-10/h1,10H,3,6,9H2. The molecule has 0 fully saturated rings. The van der Waals surface area contributed by atoms with Crippen molar-refractivity contribution in [1.82, 2.24) is 0 Å². The maximum absolute atomic E-state index is 8.21. The average Bonchev–Trinajstić information content (AvgIpc) is 1.97. The number of terminal acetylenes is 1. The topological polar surface area (TPSA) is 20.2 Å². The highest BCUT2D eigenvalue weighted by atomic mass is 16.2. The summed E-state index contributed by atoms with van der Waals surface area (Å²) in [6, 6.07) is 0. The van der Waals surface area contributed by atoms with Crippen molar-refractivity contribution in [2.24, 2.45) is 0 Å². The SMILES string of the molecule is C#CCC#CCC#CCO. The van der Waals surface area contributed by atoms with Crippen LogP contribution in [0.3, 0.4) is 0 Å². The molecule has 0 aromatic carbocycles. The fourth-order valence-corrected chi connectivity index (χ4v) is 0.339. The lowest BCUT2D eigenvalue weighted by Gasteiger charge is -1.70. The summed E-state index contributed by atoms with van der Waals surface area (Å²) in [5, 5.41) is 8.21. The first-order valence-electron chi connectivity index (χ1n) is 2.87. The molecular formula is C9H8O. The Kier molecular flexibility index (Phi) is 6.60. The highest BCUT2D eigenvalue weighted by Crippen LogP contribution is 1.72. The van der Waals surface area contributed by atoms with Crippen LogP contribution >= 0.6 is 0 Å². The van der Waals surface area contributed by atoms with Gasteiger partial charge in [-0.05, 0) is 0 Å². The molecule has 1 N–H and O–H groups in total. The molecule has 0 aliphatic carbocycles. The van der Waals surface area contributed by atoms with Gasteiger partial charge in [0.25, 0.3) is 0 Å². The molecule has 0 aliphatic rings. The van der Waals surface area contributed by atoms with E-state index >= 15 is 0 Å². The summed E-state index contributed by atoms with van der Waals surface area (Å²) in [5.74, 6) is 13.0. The molecule has 1 nitrogen and oxygen atoms in total. The van der Waals surface area contributed by atoms with Crippen molar-refractivity contribution in [2.45, 2.75) is 12.8 Å². The molecule has 0 aromatic rings. The zero-order valence-corrected chi connectivity index (χ0v) is 5.65. The van der Waals surface area contributed by atoms with Crippen molar-refractivity contribution in [3.8, 4) is 36.0 Å². The average molecular weight is 132 g/mol. The highest BCUT2D eigenvalue weighted by molar-refractivity contribution is 5.14. The Labute approximate surface area is 61.5 Å². The van der Waals surface area contributed by atoms with Crippen LogP contribution in [0.4, 0.5) is 0 Å². The van der Waals surface area contributed by atoms with E-state index in [2.05, 4.69) is 29.6 Å². The van der Waals surface area contributed by atoms with E-state index < -0.39 is 0 Å². The van der Waals surface area contributed by atoms with Crippen molar-refractivity contribution < 1.29 is 5.11 Å². The van der Waals surface area contributed by atoms with Crippen molar-refractivity contribution in [3.05, 3.63) is 0 Å². The minimum absolute atomic E-state index is 0.100. The van der Waals surface area contributed by atoms with Gasteiger partial charge in [0.2, 0.25) is 0 Å². The van der Waals surface area contributed by atoms with E-state index in [0.717, 1.165) is 0 Å². The Balaban J connectivity index is 3.39. The van der Waals surface area contributed by atoms with Crippen molar-refractivity contribution in [2.75, 3.05) is 6.61 Å². The second-order valence-corrected chi connectivity index (χ2v) is 1.42. The zero-order valence-electron chi connectivity index (χ0n) is 5.65. The van der Waals surface area contributed by atoms with Gasteiger partial charge in [0.05, 0.1) is 12.8 Å². The summed E-state index contributed by atoms with van der Waals surface area (Å²) < 4.78 is 0. The van der Waals surface area contributed by atoms with Gasteiger partial charge in [0, 0.05) is 0 Å². The van der Waals surface area contributed by atoms with Gasteiger partial charge in [-0.2, -0.15) is 0 Å². The van der Waals surface area contributed by atoms with Gasteiger partial charge < -0.3 is 5.11 Å². The number of rotatable bonds is 0. The Bertz CT molecular complexity index is 223. The lowest BCUT2D eigenvalue weighted by molar-refractivity contribution is 0.350. The minimum Gasteiger partial charge on any atom is -0.384 e. The van der Waals surface area contributed by atoms with Crippen LogP contribution in [0.15, 0.2) is 0 Å². The largest absolute Gasteiger partial charge is 0.384 e. The Morgan fingerprint density at radius 3 is 2.20 bits per heavy atom. The summed E-state index contributed by atoms with van der Waals surface area (Å²) in [6.07, 6.45) is 5.90. The van der Waals surface area contributed by atoms with Crippen LogP contribution in [0.1, 0.15) is 12.8 Å². The summed E-state index contributed by atoms with van der Waals surface area (Å²) >= 11 is 0. The van der Waals surface area contributed by atoms with Gasteiger partial charge >= 0.3 is 0 Å². The van der Waals surface area contributed by atoms with Gasteiger partial charge in [-0.1, -0.05) is 29.6 Å². The van der Waals surface area contributed by atoms with Crippen LogP contribution in [0.2, 0.25) is 0 Å². The highest BCUT2D eigenvalue weighted by Gasteiger charge is 1.65. The second kappa shape index (κ2) is 7.64. The summed E-state index contributed by atoms with van der Waals surface area (Å²) in [6.45, 7) is -0.100. The molecule has 0 unspecified atom stereocenters. The second-order valence-electron chi connectivity index (χ2n) is 1.42. The molecule has 1 heteroatoms. The molecule has 0 atom stereocenters. The maximum atomic E-state index is 8.21. The van der Waals surface area contributed by atoms with Crippen molar-refractivity contribution >= 4 is 0 Å². The Hall–Kier alpha value is -1.36. The van der Waals surface area contributed by atoms with Crippen LogP contribution in [-0.2, 0) is 0 Å². The first-order valence-corrected chi connectivity index (χ1v) is 2.87. The lowest BCUT2D eigenvalue weighted by atomic mass is 10.4. The predicted molar refractivity (Wildman–Crippen MR) is 40.7 cm³/mol. The van der Waals surface area contributed by atoms with E-state index in [4.69, 9.17) is 11.5 Å². The maximum Gasteiger partial charge on any atom is 0.104 e. The van der Waals surface area contributed by atoms with Crippen LogP contribution < -0.4 is 0 Å². The summed E-state index contributed by atoms with van der Waals surface area (Å²) in [7, 11) is 0. The molecule has 0 bridgehead atoms. The van der Waals surface area contributed by atoms with Crippen LogP contribution in [0.5, 0.6) is 0 Å². The Morgan fingerprint density at radius 2 is 1.60 bits per heavy atom. The third-order valence-corrected chi connectivity index (χ3v) is 0.696. The smallest absolute Gasteiger partial charge is 0.104 e. The van der Waals surface area contributed by atoms with E-state index in [0.29, 0.717) is 12.8 Å². The van der Waals surface area contributed by atoms with E-state index in [1.807, 2.05) is 0 Å². The van der Waals surface area contributed by atoms with E-state index in [1.54, 1.807) is 0 Å². The molecule has 0 aromatic heterocycles. The predicted octanol–water partition coefficient (Wildman–Crippen LogP) is 0.399. The number of hydrogen-bond donors (Lipinski definition) is 1. The fraction of sp³-hybridized carbons (Fsp3) is 0.333. The number of aliphatic hydroxyl groups excluding tert-OH is 1. The monoisotopic (exact) mass is 132 g/mol. The lowest BCUT2D eigenvalue weighted by Crippen LogP contribution is -1.70. The third kappa shape index (κ3) is 6.64. The first kappa shape index (κ1) is 8.64. The molecule has 50 valence electrons. The van der Waals surface area contributed by atoms with Gasteiger partial charge in [-0.25, -0.2) is 0 Å². The van der Waals surface area contributed by atoms with E-state index in [1.165, 1.54) is 0 Å². The molecule has 10 heavy (non-hydrogen) atoms. The number of aliphatic hydroxyl groups is 1. The molecule has 0 spiro atoms. The quantitative estimate of drug-likeness (QED) is 0.473. The van der Waals surface area contributed by atoms with Crippen molar-refractivity contribution in [1.29, 1.82) is 0 Å². The van der Waals surface area contributed by atoms with Crippen LogP contribution in [0, 0.1) is 36.0 Å². The van der Waals surface area contributed by atoms with Gasteiger partial charge in [0.15, 0.2) is 0 Å². The Morgan fingerprint density at radius 1 is 1.00 bits per heavy atom. The van der Waals surface area contributed by atoms with E-state index in [9.17, 15) is 0 Å². The van der Waals surface area contributed by atoms with E-state index in [-0.39, 0.29) is 6.61 Å². The zero-order chi connectivity index (χ0) is 7.66. The van der Waals surface area contributed by atoms with Crippen LogP contribution in [0.25, 0.3) is 0 Å². The molecular weight excluding hydrogens is 124 g/mol.